The second-order valence-electron chi connectivity index (χ2n) is 9.38. The molecule has 2 aromatic rings. The van der Waals surface area contributed by atoms with Gasteiger partial charge in [-0.25, -0.2) is 22.5 Å². The van der Waals surface area contributed by atoms with Crippen molar-refractivity contribution in [1.29, 1.82) is 0 Å². The molecule has 174 valence electrons. The molecule has 11 heteroatoms. The molecule has 0 radical (unpaired) electrons. The zero-order chi connectivity index (χ0) is 24.4. The van der Waals surface area contributed by atoms with E-state index in [1.54, 1.807) is 32.9 Å². The second-order valence-corrected chi connectivity index (χ2v) is 11.2. The molecular weight excluding hydrogens is 448 g/mol. The van der Waals surface area contributed by atoms with Crippen molar-refractivity contribution in [2.24, 2.45) is 4.99 Å². The number of aliphatic imine (C=N–C) groups is 1. The summed E-state index contributed by atoms with van der Waals surface area (Å²) in [5, 5.41) is 12.5. The number of sulfonamides is 1. The van der Waals surface area contributed by atoms with E-state index < -0.39 is 43.6 Å². The summed E-state index contributed by atoms with van der Waals surface area (Å²) in [5.41, 5.74) is -4.02. The fraction of sp³-hybridized carbons (Fsp3) is 0.409. The number of hydrogen-bond acceptors (Lipinski definition) is 8. The molecule has 0 saturated heterocycles. The lowest BCUT2D eigenvalue weighted by Crippen LogP contribution is -2.62. The van der Waals surface area contributed by atoms with Crippen LogP contribution in [0.1, 0.15) is 38.8 Å². The highest BCUT2D eigenvalue weighted by Gasteiger charge is 2.75. The third-order valence-electron chi connectivity index (χ3n) is 5.83. The van der Waals surface area contributed by atoms with Crippen LogP contribution in [0.15, 0.2) is 52.5 Å². The molecule has 0 spiro atoms. The number of esters is 1. The molecule has 2 aliphatic heterocycles. The van der Waals surface area contributed by atoms with Crippen molar-refractivity contribution in [2.45, 2.75) is 62.2 Å². The Hall–Kier alpha value is -3.34. The largest absolute Gasteiger partial charge is 0.458 e. The molecule has 0 fully saturated rings. The molecule has 3 heterocycles. The van der Waals surface area contributed by atoms with Gasteiger partial charge in [-0.2, -0.15) is 0 Å². The number of benzene rings is 1. The number of pyridine rings is 1. The van der Waals surface area contributed by atoms with E-state index in [0.29, 0.717) is 0 Å². The lowest BCUT2D eigenvalue weighted by molar-refractivity contribution is -0.555. The van der Waals surface area contributed by atoms with Crippen molar-refractivity contribution in [2.75, 3.05) is 4.31 Å². The average molecular weight is 473 g/mol. The number of aromatic nitrogens is 1. The Balaban J connectivity index is 1.99. The first kappa shape index (κ1) is 22.8. The zero-order valence-electron chi connectivity index (χ0n) is 18.8. The quantitative estimate of drug-likeness (QED) is 0.379. The van der Waals surface area contributed by atoms with E-state index in [9.17, 15) is 23.3 Å². The van der Waals surface area contributed by atoms with Crippen molar-refractivity contribution in [3.63, 3.8) is 0 Å². The van der Waals surface area contributed by atoms with Crippen LogP contribution in [0, 0.1) is 17.0 Å². The lowest BCUT2D eigenvalue weighted by atomic mass is 9.81. The maximum atomic E-state index is 13.9. The maximum absolute atomic E-state index is 13.9. The topological polar surface area (TPSA) is 132 Å². The van der Waals surface area contributed by atoms with Gasteiger partial charge < -0.3 is 4.74 Å². The SMILES string of the molecule is Cc1ccc(S(=O)(=O)N2c3ncccc3[C@]3([N+](=O)[O-])C=N[C@@](C)(C(=O)OC(C)(C)C)[C@H]23)cc1. The van der Waals surface area contributed by atoms with Gasteiger partial charge in [0.1, 0.15) is 5.60 Å². The molecule has 10 nitrogen and oxygen atoms in total. The minimum absolute atomic E-state index is 0.0479. The molecular formula is C22H24N4O6S. The van der Waals surface area contributed by atoms with Gasteiger partial charge >= 0.3 is 11.5 Å². The van der Waals surface area contributed by atoms with Crippen LogP contribution in [-0.2, 0) is 25.1 Å². The summed E-state index contributed by atoms with van der Waals surface area (Å²) in [5.74, 6) is -0.974. The smallest absolute Gasteiger partial charge is 0.336 e. The third-order valence-corrected chi connectivity index (χ3v) is 7.60. The van der Waals surface area contributed by atoms with Crippen molar-refractivity contribution in [1.82, 2.24) is 4.98 Å². The molecule has 1 aromatic heterocycles. The number of fused-ring (bicyclic) bond motifs is 3. The van der Waals surface area contributed by atoms with Crippen molar-refractivity contribution < 1.29 is 22.9 Å². The van der Waals surface area contributed by atoms with Crippen LogP contribution in [0.3, 0.4) is 0 Å². The first-order chi connectivity index (χ1) is 15.2. The normalized spacial score (nSPS) is 26.1. The minimum atomic E-state index is -4.36. The third kappa shape index (κ3) is 3.21. The first-order valence-electron chi connectivity index (χ1n) is 10.3. The summed E-state index contributed by atoms with van der Waals surface area (Å²) in [6, 6.07) is 7.46. The highest BCUT2D eigenvalue weighted by atomic mass is 32.2. The summed E-state index contributed by atoms with van der Waals surface area (Å²) in [4.78, 5) is 33.5. The zero-order valence-corrected chi connectivity index (χ0v) is 19.7. The number of nitrogens with zero attached hydrogens (tertiary/aromatic N) is 4. The van der Waals surface area contributed by atoms with Crippen LogP contribution in [0.2, 0.25) is 0 Å². The van der Waals surface area contributed by atoms with Gasteiger partial charge in [-0.05, 0) is 58.9 Å². The number of carbonyl (C=O) groups is 1. The average Bonchev–Trinajstić information content (AvgIpc) is 3.20. The number of hydrogen-bond donors (Lipinski definition) is 0. The molecule has 0 unspecified atom stereocenters. The fourth-order valence-electron chi connectivity index (χ4n) is 4.30. The van der Waals surface area contributed by atoms with E-state index >= 15 is 0 Å². The van der Waals surface area contributed by atoms with Gasteiger partial charge in [0.25, 0.3) is 10.0 Å². The van der Waals surface area contributed by atoms with E-state index in [-0.39, 0.29) is 16.3 Å². The monoisotopic (exact) mass is 472 g/mol. The van der Waals surface area contributed by atoms with Gasteiger partial charge in [-0.3, -0.25) is 15.1 Å². The van der Waals surface area contributed by atoms with Crippen molar-refractivity contribution >= 4 is 28.0 Å². The van der Waals surface area contributed by atoms with E-state index in [4.69, 9.17) is 4.74 Å². The lowest BCUT2D eigenvalue weighted by Gasteiger charge is -2.36. The van der Waals surface area contributed by atoms with Crippen LogP contribution in [0.25, 0.3) is 0 Å². The van der Waals surface area contributed by atoms with Gasteiger partial charge in [0.05, 0.1) is 16.7 Å². The number of nitro groups is 1. The van der Waals surface area contributed by atoms with Gasteiger partial charge in [0.2, 0.25) is 0 Å². The van der Waals surface area contributed by atoms with Crippen LogP contribution in [0.5, 0.6) is 0 Å². The molecule has 33 heavy (non-hydrogen) atoms. The number of aryl methyl sites for hydroxylation is 1. The number of anilines is 1. The number of carbonyl (C=O) groups excluding carboxylic acids is 1. The van der Waals surface area contributed by atoms with Gasteiger partial charge in [-0.1, -0.05) is 17.7 Å². The molecule has 0 bridgehead atoms. The molecule has 3 atom stereocenters. The molecule has 0 saturated carbocycles. The number of rotatable bonds is 4. The Labute approximate surface area is 191 Å². The summed E-state index contributed by atoms with van der Waals surface area (Å²) >= 11 is 0. The molecule has 2 aliphatic rings. The standard InChI is InChI=1S/C22H24N4O6S/c1-14-8-10-15(11-9-14)33(30,31)25-17-16(7-6-12-23-17)22(26(28)29)13-24-21(5,18(22)25)19(27)32-20(2,3)4/h6-13,18H,1-5H3/t18-,21+,22+/m0/s1. The molecule has 0 N–H and O–H groups in total. The molecule has 0 aliphatic carbocycles. The predicted molar refractivity (Wildman–Crippen MR) is 120 cm³/mol. The highest BCUT2D eigenvalue weighted by Crippen LogP contribution is 2.54. The van der Waals surface area contributed by atoms with Crippen LogP contribution < -0.4 is 4.31 Å². The minimum Gasteiger partial charge on any atom is -0.458 e. The fourth-order valence-corrected chi connectivity index (χ4v) is 6.02. The molecule has 0 amide bonds. The Bertz CT molecular complexity index is 1280. The summed E-state index contributed by atoms with van der Waals surface area (Å²) < 4.78 is 34.1. The van der Waals surface area contributed by atoms with E-state index in [1.165, 1.54) is 37.4 Å². The van der Waals surface area contributed by atoms with E-state index in [2.05, 4.69) is 9.98 Å². The van der Waals surface area contributed by atoms with E-state index in [1.807, 2.05) is 6.92 Å². The summed E-state index contributed by atoms with van der Waals surface area (Å²) in [7, 11) is -4.36. The summed E-state index contributed by atoms with van der Waals surface area (Å²) in [6.07, 6.45) is 2.40. The first-order valence-corrected chi connectivity index (χ1v) is 11.7. The predicted octanol–water partition coefficient (Wildman–Crippen LogP) is 2.62. The molecule has 4 rings (SSSR count). The van der Waals surface area contributed by atoms with Crippen LogP contribution in [0.4, 0.5) is 5.82 Å². The highest BCUT2D eigenvalue weighted by molar-refractivity contribution is 7.92. The molecule has 1 aromatic carbocycles. The Kier molecular flexibility index (Phi) is 4.90. The number of ether oxygens (including phenoxy) is 1. The Morgan fingerprint density at radius 1 is 1.21 bits per heavy atom. The van der Waals surface area contributed by atoms with Gasteiger partial charge in [0, 0.05) is 11.1 Å². The van der Waals surface area contributed by atoms with Crippen LogP contribution in [-0.4, -0.2) is 47.7 Å². The Morgan fingerprint density at radius 2 is 1.85 bits per heavy atom. The van der Waals surface area contributed by atoms with Gasteiger partial charge in [0.15, 0.2) is 17.4 Å². The van der Waals surface area contributed by atoms with Crippen molar-refractivity contribution in [3.8, 4) is 0 Å². The summed E-state index contributed by atoms with van der Waals surface area (Å²) in [6.45, 7) is 8.13. The Morgan fingerprint density at radius 3 is 2.42 bits per heavy atom. The van der Waals surface area contributed by atoms with E-state index in [0.717, 1.165) is 16.1 Å². The second kappa shape index (κ2) is 7.08. The van der Waals surface area contributed by atoms with Gasteiger partial charge in [-0.15, -0.1) is 0 Å². The van der Waals surface area contributed by atoms with Crippen LogP contribution >= 0.6 is 0 Å². The van der Waals surface area contributed by atoms with Crippen molar-refractivity contribution in [3.05, 3.63) is 63.8 Å². The maximum Gasteiger partial charge on any atom is 0.336 e.